The Bertz CT molecular complexity index is 1090. The van der Waals surface area contributed by atoms with Crippen LogP contribution in [0.4, 0.5) is 0 Å². The van der Waals surface area contributed by atoms with Crippen LogP contribution >= 0.6 is 0 Å². The van der Waals surface area contributed by atoms with Crippen LogP contribution in [0.5, 0.6) is 0 Å². The molecule has 0 fully saturated rings. The van der Waals surface area contributed by atoms with Gasteiger partial charge in [0.25, 0.3) is 5.82 Å². The van der Waals surface area contributed by atoms with Gasteiger partial charge in [-0.3, -0.25) is 4.98 Å². The summed E-state index contributed by atoms with van der Waals surface area (Å²) < 4.78 is 33.1. The molecule has 1 aliphatic heterocycles. The minimum atomic E-state index is -2.32. The third kappa shape index (κ3) is 1.04. The third-order valence-electron chi connectivity index (χ3n) is 3.98. The number of fused-ring (bicyclic) bond motifs is 7. The summed E-state index contributed by atoms with van der Waals surface area (Å²) in [6.07, 6.45) is 3.31. The summed E-state index contributed by atoms with van der Waals surface area (Å²) >= 11 is 0. The molecule has 4 heteroatoms. The Hall–Kier alpha value is -2.62. The van der Waals surface area contributed by atoms with Gasteiger partial charge in [-0.05, 0) is 12.1 Å². The van der Waals surface area contributed by atoms with E-state index in [1.54, 1.807) is 12.4 Å². The predicted molar refractivity (Wildman–Crippen MR) is 75.2 cm³/mol. The van der Waals surface area contributed by atoms with Crippen LogP contribution in [-0.2, 0) is 13.5 Å². The van der Waals surface area contributed by atoms with Crippen LogP contribution in [0.15, 0.2) is 47.1 Å². The van der Waals surface area contributed by atoms with Crippen molar-refractivity contribution >= 4 is 22.2 Å². The Balaban J connectivity index is 2.01. The topological polar surface area (TPSA) is 34.8 Å². The Morgan fingerprint density at radius 3 is 3.25 bits per heavy atom. The Labute approximate surface area is 119 Å². The largest absolute Gasteiger partial charge is 0.417 e. The van der Waals surface area contributed by atoms with Gasteiger partial charge in [0.2, 0.25) is 5.52 Å². The summed E-state index contributed by atoms with van der Waals surface area (Å²) in [5.74, 6) is 0.674. The molecule has 0 atom stereocenters. The van der Waals surface area contributed by atoms with E-state index in [9.17, 15) is 0 Å². The smallest absolute Gasteiger partial charge is 0.339 e. The van der Waals surface area contributed by atoms with Crippen molar-refractivity contribution in [1.29, 1.82) is 0 Å². The van der Waals surface area contributed by atoms with Crippen molar-refractivity contribution in [3.05, 3.63) is 48.3 Å². The maximum absolute atomic E-state index is 7.96. The van der Waals surface area contributed by atoms with Crippen LogP contribution in [0.3, 0.4) is 0 Å². The Kier molecular flexibility index (Phi) is 1.29. The van der Waals surface area contributed by atoms with E-state index >= 15 is 0 Å². The molecule has 0 saturated heterocycles. The molecular weight excluding hydrogens is 250 g/mol. The van der Waals surface area contributed by atoms with Gasteiger partial charge < -0.3 is 4.42 Å². The molecule has 0 unspecified atom stereocenters. The monoisotopic (exact) mass is 265 g/mol. The lowest BCUT2D eigenvalue weighted by atomic mass is 10.1. The molecular formula is C16H12N3O+. The molecule has 4 heterocycles. The normalized spacial score (nSPS) is 15.9. The number of aromatic nitrogens is 3. The first-order chi connectivity index (χ1) is 11.1. The van der Waals surface area contributed by atoms with E-state index in [2.05, 4.69) is 4.98 Å². The molecule has 4 nitrogen and oxygen atoms in total. The van der Waals surface area contributed by atoms with Crippen molar-refractivity contribution in [1.82, 2.24) is 9.55 Å². The van der Waals surface area contributed by atoms with Gasteiger partial charge in [-0.2, -0.15) is 4.57 Å². The second kappa shape index (κ2) is 3.28. The fraction of sp³-hybridized carbons (Fsp3) is 0.125. The number of aryl methyl sites for hydroxylation is 1. The van der Waals surface area contributed by atoms with Gasteiger partial charge in [-0.25, -0.2) is 4.57 Å². The van der Waals surface area contributed by atoms with Gasteiger partial charge in [0.05, 0.1) is 28.2 Å². The number of furan rings is 1. The molecule has 20 heavy (non-hydrogen) atoms. The standard InChI is InChI=1S/C16H12N3O/c1-18-15-11-5-3-2-4-10(11)9-19(15)14-12-6-7-17-8-13(12)20-16(14)18/h2-8H,9H2,1H3/q+1/i1D3. The summed E-state index contributed by atoms with van der Waals surface area (Å²) in [4.78, 5) is 4.06. The van der Waals surface area contributed by atoms with E-state index in [0.717, 1.165) is 22.0 Å². The molecule has 0 N–H and O–H groups in total. The molecule has 4 aromatic rings. The zero-order valence-electron chi connectivity index (χ0n) is 13.5. The highest BCUT2D eigenvalue weighted by Crippen LogP contribution is 2.36. The second-order valence-corrected chi connectivity index (χ2v) is 5.03. The Morgan fingerprint density at radius 2 is 2.30 bits per heavy atom. The molecule has 0 bridgehead atoms. The highest BCUT2D eigenvalue weighted by Gasteiger charge is 2.35. The van der Waals surface area contributed by atoms with Crippen LogP contribution in [0.2, 0.25) is 0 Å². The number of hydrogen-bond acceptors (Lipinski definition) is 2. The molecule has 1 aliphatic rings. The van der Waals surface area contributed by atoms with E-state index in [1.807, 2.05) is 34.9 Å². The molecule has 0 spiro atoms. The lowest BCUT2D eigenvalue weighted by molar-refractivity contribution is -0.640. The van der Waals surface area contributed by atoms with E-state index in [4.69, 9.17) is 8.53 Å². The van der Waals surface area contributed by atoms with Crippen molar-refractivity contribution in [2.45, 2.75) is 6.54 Å². The first-order valence-electron chi connectivity index (χ1n) is 7.95. The van der Waals surface area contributed by atoms with Crippen LogP contribution in [-0.4, -0.2) is 9.55 Å². The lowest BCUT2D eigenvalue weighted by Gasteiger charge is -1.93. The van der Waals surface area contributed by atoms with Crippen LogP contribution in [0.1, 0.15) is 9.68 Å². The van der Waals surface area contributed by atoms with E-state index in [1.165, 1.54) is 4.57 Å². The van der Waals surface area contributed by atoms with Crippen molar-refractivity contribution < 1.29 is 13.1 Å². The van der Waals surface area contributed by atoms with Crippen LogP contribution < -0.4 is 4.57 Å². The fourth-order valence-corrected chi connectivity index (χ4v) is 3.13. The highest BCUT2D eigenvalue weighted by atomic mass is 16.3. The average molecular weight is 265 g/mol. The highest BCUT2D eigenvalue weighted by molar-refractivity contribution is 6.01. The number of hydrogen-bond donors (Lipinski definition) is 0. The molecule has 0 amide bonds. The van der Waals surface area contributed by atoms with E-state index in [0.29, 0.717) is 23.7 Å². The summed E-state index contributed by atoms with van der Waals surface area (Å²) in [5.41, 5.74) is 3.84. The van der Waals surface area contributed by atoms with Crippen molar-refractivity contribution in [2.75, 3.05) is 0 Å². The second-order valence-electron chi connectivity index (χ2n) is 5.03. The number of rotatable bonds is 0. The zero-order chi connectivity index (χ0) is 15.8. The summed E-state index contributed by atoms with van der Waals surface area (Å²) in [7, 11) is 0. The fourth-order valence-electron chi connectivity index (χ4n) is 3.13. The van der Waals surface area contributed by atoms with Crippen molar-refractivity contribution in [3.8, 4) is 11.4 Å². The van der Waals surface area contributed by atoms with Crippen molar-refractivity contribution in [2.24, 2.45) is 6.98 Å². The third-order valence-corrected chi connectivity index (χ3v) is 3.98. The molecule has 0 aliphatic carbocycles. The zero-order valence-corrected chi connectivity index (χ0v) is 10.5. The first kappa shape index (κ1) is 7.85. The molecule has 1 aromatic carbocycles. The average Bonchev–Trinajstić information content (AvgIpc) is 3.12. The summed E-state index contributed by atoms with van der Waals surface area (Å²) in [6, 6.07) is 9.75. The molecule has 0 radical (unpaired) electrons. The van der Waals surface area contributed by atoms with Gasteiger partial charge in [-0.15, -0.1) is 0 Å². The Morgan fingerprint density at radius 1 is 1.35 bits per heavy atom. The maximum atomic E-state index is 7.96. The minimum absolute atomic E-state index is 0.373. The molecule has 3 aromatic heterocycles. The van der Waals surface area contributed by atoms with Gasteiger partial charge in [-0.1, -0.05) is 18.2 Å². The number of pyridine rings is 1. The number of nitrogens with zero attached hydrogens (tertiary/aromatic N) is 3. The van der Waals surface area contributed by atoms with Crippen molar-refractivity contribution in [3.63, 3.8) is 0 Å². The van der Waals surface area contributed by atoms with E-state index < -0.39 is 6.98 Å². The van der Waals surface area contributed by atoms with Crippen LogP contribution in [0, 0.1) is 0 Å². The van der Waals surface area contributed by atoms with E-state index in [-0.39, 0.29) is 0 Å². The quantitative estimate of drug-likeness (QED) is 0.403. The lowest BCUT2D eigenvalue weighted by Crippen LogP contribution is -2.29. The number of benzene rings is 1. The minimum Gasteiger partial charge on any atom is -0.417 e. The molecule has 96 valence electrons. The number of imidazole rings is 1. The summed E-state index contributed by atoms with van der Waals surface area (Å²) in [6.45, 7) is -1.68. The summed E-state index contributed by atoms with van der Waals surface area (Å²) in [5, 5.41) is 0.882. The van der Waals surface area contributed by atoms with Gasteiger partial charge in [0.15, 0.2) is 5.58 Å². The van der Waals surface area contributed by atoms with Gasteiger partial charge in [0.1, 0.15) is 6.54 Å². The molecule has 5 rings (SSSR count). The maximum Gasteiger partial charge on any atom is 0.339 e. The SMILES string of the molecule is [2H]C([2H])([2H])[n+]1c2n(c3c4ccncc4oc31)Cc1ccccc1-2. The molecule has 0 saturated carbocycles. The first-order valence-corrected chi connectivity index (χ1v) is 6.45. The van der Waals surface area contributed by atoms with Crippen LogP contribution in [0.25, 0.3) is 33.6 Å². The predicted octanol–water partition coefficient (Wildman–Crippen LogP) is 2.64. The van der Waals surface area contributed by atoms with Gasteiger partial charge >= 0.3 is 5.71 Å². The van der Waals surface area contributed by atoms with Gasteiger partial charge in [0, 0.05) is 11.8 Å².